The van der Waals surface area contributed by atoms with Gasteiger partial charge in [-0.05, 0) is 19.4 Å². The molecule has 1 unspecified atom stereocenters. The summed E-state index contributed by atoms with van der Waals surface area (Å²) in [7, 11) is 0. The van der Waals surface area contributed by atoms with Crippen LogP contribution in [0.25, 0.3) is 0 Å². The highest BCUT2D eigenvalue weighted by Crippen LogP contribution is 2.23. The maximum absolute atomic E-state index is 5.74. The summed E-state index contributed by atoms with van der Waals surface area (Å²) in [5.41, 5.74) is 0.981. The summed E-state index contributed by atoms with van der Waals surface area (Å²) in [6.45, 7) is 4.52. The van der Waals surface area contributed by atoms with Crippen molar-refractivity contribution < 1.29 is 0 Å². The van der Waals surface area contributed by atoms with Gasteiger partial charge in [0.25, 0.3) is 0 Å². The normalized spacial score (nSPS) is 25.0. The Hall–Kier alpha value is -0.870. The molecule has 92 valence electrons. The minimum Gasteiger partial charge on any atom is -0.338 e. The number of hydrogen-bond acceptors (Lipinski definition) is 4. The molecule has 0 bridgehead atoms. The number of halogens is 1. The van der Waals surface area contributed by atoms with E-state index in [0.717, 1.165) is 31.1 Å². The fourth-order valence-corrected chi connectivity index (χ4v) is 2.89. The molecule has 0 N–H and O–H groups in total. The first-order chi connectivity index (χ1) is 8.36. The zero-order valence-corrected chi connectivity index (χ0v) is 10.6. The van der Waals surface area contributed by atoms with Crippen molar-refractivity contribution in [2.45, 2.75) is 24.8 Å². The molecule has 0 saturated carbocycles. The van der Waals surface area contributed by atoms with Crippen molar-refractivity contribution >= 4 is 17.5 Å². The van der Waals surface area contributed by atoms with Gasteiger partial charge in [0.2, 0.25) is 5.95 Å². The first kappa shape index (κ1) is 11.2. The summed E-state index contributed by atoms with van der Waals surface area (Å²) >= 11 is 5.74. The molecule has 2 aliphatic heterocycles. The van der Waals surface area contributed by atoms with E-state index < -0.39 is 0 Å². The average molecular weight is 253 g/mol. The average Bonchev–Trinajstić information content (AvgIpc) is 2.86. The minimum atomic E-state index is 0.483. The number of anilines is 1. The first-order valence-corrected chi connectivity index (χ1v) is 6.76. The van der Waals surface area contributed by atoms with E-state index >= 15 is 0 Å². The second-order valence-corrected chi connectivity index (χ2v) is 5.07. The van der Waals surface area contributed by atoms with Crippen molar-refractivity contribution in [3.8, 4) is 0 Å². The van der Waals surface area contributed by atoms with Crippen LogP contribution < -0.4 is 4.90 Å². The lowest BCUT2D eigenvalue weighted by Gasteiger charge is -2.37. The molecule has 0 aromatic carbocycles. The molecule has 0 radical (unpaired) electrons. The monoisotopic (exact) mass is 252 g/mol. The topological polar surface area (TPSA) is 32.3 Å². The smallest absolute Gasteiger partial charge is 0.225 e. The molecule has 3 heterocycles. The van der Waals surface area contributed by atoms with Crippen LogP contribution in [0.5, 0.6) is 0 Å². The Kier molecular flexibility index (Phi) is 3.16. The zero-order valence-electron chi connectivity index (χ0n) is 9.85. The predicted octanol–water partition coefficient (Wildman–Crippen LogP) is 1.50. The number of piperazine rings is 1. The molecule has 2 saturated heterocycles. The summed E-state index contributed by atoms with van der Waals surface area (Å²) in [5.74, 6) is 1.34. The number of nitrogens with zero attached hydrogens (tertiary/aromatic N) is 4. The molecule has 17 heavy (non-hydrogen) atoms. The Morgan fingerprint density at radius 2 is 2.06 bits per heavy atom. The van der Waals surface area contributed by atoms with Gasteiger partial charge in [-0.15, -0.1) is 11.6 Å². The third kappa shape index (κ3) is 2.24. The van der Waals surface area contributed by atoms with Crippen molar-refractivity contribution in [1.82, 2.24) is 14.9 Å². The van der Waals surface area contributed by atoms with E-state index in [1.165, 1.54) is 19.4 Å². The fourth-order valence-electron chi connectivity index (χ4n) is 2.75. The van der Waals surface area contributed by atoms with E-state index in [1.54, 1.807) is 0 Å². The molecule has 0 spiro atoms. The summed E-state index contributed by atoms with van der Waals surface area (Å²) in [5, 5.41) is 0. The standard InChI is InChI=1S/C12H17ClN4/c13-6-10-7-14-12(15-8-10)17-5-4-16-3-1-2-11(16)9-17/h7-8,11H,1-6,9H2. The quantitative estimate of drug-likeness (QED) is 0.747. The van der Waals surface area contributed by atoms with Gasteiger partial charge in [-0.3, -0.25) is 4.90 Å². The Bertz CT molecular complexity index is 381. The van der Waals surface area contributed by atoms with Gasteiger partial charge in [0.1, 0.15) is 0 Å². The highest BCUT2D eigenvalue weighted by molar-refractivity contribution is 6.17. The lowest BCUT2D eigenvalue weighted by molar-refractivity contribution is 0.229. The van der Waals surface area contributed by atoms with E-state index in [2.05, 4.69) is 19.8 Å². The van der Waals surface area contributed by atoms with E-state index in [-0.39, 0.29) is 0 Å². The van der Waals surface area contributed by atoms with Gasteiger partial charge < -0.3 is 4.90 Å². The molecule has 1 aromatic heterocycles. The Morgan fingerprint density at radius 1 is 1.24 bits per heavy atom. The number of fused-ring (bicyclic) bond motifs is 1. The number of rotatable bonds is 2. The van der Waals surface area contributed by atoms with Crippen LogP contribution in [0.4, 0.5) is 5.95 Å². The van der Waals surface area contributed by atoms with Crippen LogP contribution >= 0.6 is 11.6 Å². The van der Waals surface area contributed by atoms with E-state index in [0.29, 0.717) is 11.9 Å². The highest BCUT2D eigenvalue weighted by Gasteiger charge is 2.31. The van der Waals surface area contributed by atoms with Crippen LogP contribution in [-0.4, -0.2) is 47.1 Å². The van der Waals surface area contributed by atoms with Crippen molar-refractivity contribution in [1.29, 1.82) is 0 Å². The Morgan fingerprint density at radius 3 is 2.82 bits per heavy atom. The van der Waals surface area contributed by atoms with Crippen LogP contribution in [0.2, 0.25) is 0 Å². The van der Waals surface area contributed by atoms with E-state index in [9.17, 15) is 0 Å². The maximum atomic E-state index is 5.74. The lowest BCUT2D eigenvalue weighted by Crippen LogP contribution is -2.50. The van der Waals surface area contributed by atoms with Gasteiger partial charge in [0, 0.05) is 43.6 Å². The van der Waals surface area contributed by atoms with Crippen molar-refractivity contribution in [2.24, 2.45) is 0 Å². The van der Waals surface area contributed by atoms with Gasteiger partial charge in [0.15, 0.2) is 0 Å². The van der Waals surface area contributed by atoms with Gasteiger partial charge in [-0.1, -0.05) is 0 Å². The van der Waals surface area contributed by atoms with Gasteiger partial charge in [-0.2, -0.15) is 0 Å². The van der Waals surface area contributed by atoms with Gasteiger partial charge in [-0.25, -0.2) is 9.97 Å². The fraction of sp³-hybridized carbons (Fsp3) is 0.667. The molecule has 5 heteroatoms. The zero-order chi connectivity index (χ0) is 11.7. The molecular weight excluding hydrogens is 236 g/mol. The largest absolute Gasteiger partial charge is 0.338 e. The Labute approximate surface area is 107 Å². The maximum Gasteiger partial charge on any atom is 0.225 e. The van der Waals surface area contributed by atoms with Gasteiger partial charge >= 0.3 is 0 Å². The summed E-state index contributed by atoms with van der Waals surface area (Å²) < 4.78 is 0. The van der Waals surface area contributed by atoms with E-state index in [4.69, 9.17) is 11.6 Å². The third-order valence-electron chi connectivity index (χ3n) is 3.72. The van der Waals surface area contributed by atoms with Crippen LogP contribution in [0.3, 0.4) is 0 Å². The molecular formula is C12H17ClN4. The van der Waals surface area contributed by atoms with Crippen LogP contribution in [0.15, 0.2) is 12.4 Å². The molecule has 1 atom stereocenters. The summed E-state index contributed by atoms with van der Waals surface area (Å²) in [6.07, 6.45) is 6.31. The van der Waals surface area contributed by atoms with Gasteiger partial charge in [0.05, 0.1) is 5.88 Å². The number of hydrogen-bond donors (Lipinski definition) is 0. The third-order valence-corrected chi connectivity index (χ3v) is 4.02. The predicted molar refractivity (Wildman–Crippen MR) is 68.4 cm³/mol. The minimum absolute atomic E-state index is 0.483. The molecule has 2 aliphatic rings. The van der Waals surface area contributed by atoms with Crippen LogP contribution in [0.1, 0.15) is 18.4 Å². The van der Waals surface area contributed by atoms with Crippen LogP contribution in [0, 0.1) is 0 Å². The molecule has 0 amide bonds. The molecule has 0 aliphatic carbocycles. The first-order valence-electron chi connectivity index (χ1n) is 6.22. The van der Waals surface area contributed by atoms with Crippen molar-refractivity contribution in [3.05, 3.63) is 18.0 Å². The van der Waals surface area contributed by atoms with Crippen molar-refractivity contribution in [3.63, 3.8) is 0 Å². The summed E-state index contributed by atoms with van der Waals surface area (Å²) in [4.78, 5) is 13.7. The Balaban J connectivity index is 1.71. The summed E-state index contributed by atoms with van der Waals surface area (Å²) in [6, 6.07) is 0.708. The van der Waals surface area contributed by atoms with Crippen molar-refractivity contribution in [2.75, 3.05) is 31.1 Å². The van der Waals surface area contributed by atoms with Crippen LogP contribution in [-0.2, 0) is 5.88 Å². The lowest BCUT2D eigenvalue weighted by atomic mass is 10.2. The SMILES string of the molecule is ClCc1cnc(N2CCN3CCCC3C2)nc1. The molecule has 2 fully saturated rings. The molecule has 3 rings (SSSR count). The second-order valence-electron chi connectivity index (χ2n) is 4.80. The highest BCUT2D eigenvalue weighted by atomic mass is 35.5. The molecule has 4 nitrogen and oxygen atoms in total. The number of alkyl halides is 1. The van der Waals surface area contributed by atoms with E-state index in [1.807, 2.05) is 12.4 Å². The number of aromatic nitrogens is 2. The molecule has 1 aromatic rings. The second kappa shape index (κ2) is 4.78.